The minimum Gasteiger partial charge on any atom is -0.482 e. The number of ether oxygens (including phenoxy) is 1. The van der Waals surface area contributed by atoms with Gasteiger partial charge in [0.25, 0.3) is 0 Å². The van der Waals surface area contributed by atoms with E-state index in [0.29, 0.717) is 22.5 Å². The maximum atomic E-state index is 12.6. The molecule has 1 aromatic heterocycles. The molecule has 0 spiro atoms. The van der Waals surface area contributed by atoms with Crippen molar-refractivity contribution < 1.29 is 13.9 Å². The molecule has 4 nitrogen and oxygen atoms in total. The summed E-state index contributed by atoms with van der Waals surface area (Å²) in [6, 6.07) is 12.7. The van der Waals surface area contributed by atoms with Crippen molar-refractivity contribution in [1.82, 2.24) is 0 Å². The number of rotatable bonds is 4. The Bertz CT molecular complexity index is 1000. The molecule has 3 aromatic rings. The first-order chi connectivity index (χ1) is 11.9. The molecule has 1 atom stereocenters. The standard InChI is InChI=1S/C21H20O4/c1-12-10-17(19-13(2)14(3)21(23)25-18(19)11-12)24-15(4)20(22)16-8-6-5-7-9-16/h5-11,15H,1-4H3/t15-/m0/s1. The minimum atomic E-state index is -0.654. The lowest BCUT2D eigenvalue weighted by Gasteiger charge is -2.17. The number of benzene rings is 2. The van der Waals surface area contributed by atoms with E-state index in [0.717, 1.165) is 16.5 Å². The van der Waals surface area contributed by atoms with E-state index in [-0.39, 0.29) is 11.4 Å². The summed E-state index contributed by atoms with van der Waals surface area (Å²) in [5, 5.41) is 0.732. The number of hydrogen-bond donors (Lipinski definition) is 0. The number of fused-ring (bicyclic) bond motifs is 1. The summed E-state index contributed by atoms with van der Waals surface area (Å²) in [6.07, 6.45) is -0.654. The molecule has 0 saturated heterocycles. The largest absolute Gasteiger partial charge is 0.482 e. The first kappa shape index (κ1) is 17.0. The molecule has 0 fully saturated rings. The van der Waals surface area contributed by atoms with Crippen molar-refractivity contribution in [2.45, 2.75) is 33.8 Å². The van der Waals surface area contributed by atoms with Crippen molar-refractivity contribution in [3.63, 3.8) is 0 Å². The lowest BCUT2D eigenvalue weighted by atomic mass is 10.0. The zero-order valence-electron chi connectivity index (χ0n) is 14.8. The summed E-state index contributed by atoms with van der Waals surface area (Å²) < 4.78 is 11.4. The van der Waals surface area contributed by atoms with E-state index in [1.54, 1.807) is 32.0 Å². The topological polar surface area (TPSA) is 56.5 Å². The molecule has 0 amide bonds. The molecule has 2 aromatic carbocycles. The quantitative estimate of drug-likeness (QED) is 0.524. The van der Waals surface area contributed by atoms with Crippen molar-refractivity contribution in [3.05, 3.63) is 75.1 Å². The van der Waals surface area contributed by atoms with Gasteiger partial charge in [-0.3, -0.25) is 4.79 Å². The highest BCUT2D eigenvalue weighted by Crippen LogP contribution is 2.31. The van der Waals surface area contributed by atoms with Crippen LogP contribution in [0, 0.1) is 20.8 Å². The summed E-state index contributed by atoms with van der Waals surface area (Å²) in [5.74, 6) is 0.457. The van der Waals surface area contributed by atoms with Gasteiger partial charge in [0.2, 0.25) is 5.78 Å². The molecule has 0 aliphatic rings. The van der Waals surface area contributed by atoms with Crippen LogP contribution in [0.25, 0.3) is 11.0 Å². The molecule has 4 heteroatoms. The second-order valence-corrected chi connectivity index (χ2v) is 6.27. The van der Waals surface area contributed by atoms with E-state index in [1.165, 1.54) is 0 Å². The third-order valence-corrected chi connectivity index (χ3v) is 4.39. The van der Waals surface area contributed by atoms with Crippen LogP contribution in [0.4, 0.5) is 0 Å². The Morgan fingerprint density at radius 2 is 1.72 bits per heavy atom. The molecule has 0 bridgehead atoms. The van der Waals surface area contributed by atoms with E-state index in [4.69, 9.17) is 9.15 Å². The van der Waals surface area contributed by atoms with Crippen LogP contribution in [0.5, 0.6) is 5.75 Å². The fourth-order valence-electron chi connectivity index (χ4n) is 2.86. The first-order valence-electron chi connectivity index (χ1n) is 8.19. The molecule has 0 saturated carbocycles. The van der Waals surface area contributed by atoms with Gasteiger partial charge in [-0.25, -0.2) is 4.79 Å². The Kier molecular flexibility index (Phi) is 4.45. The van der Waals surface area contributed by atoms with Gasteiger partial charge in [0.1, 0.15) is 11.3 Å². The average molecular weight is 336 g/mol. The number of aryl methyl sites for hydroxylation is 2. The Morgan fingerprint density at radius 1 is 1.04 bits per heavy atom. The van der Waals surface area contributed by atoms with Crippen LogP contribution in [0.15, 0.2) is 51.7 Å². The van der Waals surface area contributed by atoms with Crippen LogP contribution in [0.3, 0.4) is 0 Å². The molecule has 1 heterocycles. The fourth-order valence-corrected chi connectivity index (χ4v) is 2.86. The van der Waals surface area contributed by atoms with Gasteiger partial charge in [-0.1, -0.05) is 30.3 Å². The van der Waals surface area contributed by atoms with Crippen molar-refractivity contribution in [3.8, 4) is 5.75 Å². The van der Waals surface area contributed by atoms with Crippen LogP contribution in [-0.4, -0.2) is 11.9 Å². The molecule has 25 heavy (non-hydrogen) atoms. The van der Waals surface area contributed by atoms with Crippen LogP contribution in [0.2, 0.25) is 0 Å². The normalized spacial score (nSPS) is 12.2. The highest BCUT2D eigenvalue weighted by Gasteiger charge is 2.20. The molecule has 3 rings (SSSR count). The predicted octanol–water partition coefficient (Wildman–Crippen LogP) is 4.37. The number of carbonyl (C=O) groups is 1. The molecule has 128 valence electrons. The van der Waals surface area contributed by atoms with E-state index >= 15 is 0 Å². The number of hydrogen-bond acceptors (Lipinski definition) is 4. The van der Waals surface area contributed by atoms with E-state index in [9.17, 15) is 9.59 Å². The molecule has 0 aliphatic heterocycles. The maximum absolute atomic E-state index is 12.6. The highest BCUT2D eigenvalue weighted by atomic mass is 16.5. The maximum Gasteiger partial charge on any atom is 0.339 e. The second kappa shape index (κ2) is 6.55. The lowest BCUT2D eigenvalue weighted by molar-refractivity contribution is 0.0820. The predicted molar refractivity (Wildman–Crippen MR) is 97.6 cm³/mol. The fraction of sp³-hybridized carbons (Fsp3) is 0.238. The SMILES string of the molecule is Cc1cc(O[C@@H](C)C(=O)c2ccccc2)c2c(C)c(C)c(=O)oc2c1. The Morgan fingerprint density at radius 3 is 2.40 bits per heavy atom. The van der Waals surface area contributed by atoms with E-state index in [2.05, 4.69) is 0 Å². The zero-order chi connectivity index (χ0) is 18.1. The van der Waals surface area contributed by atoms with Gasteiger partial charge in [0.05, 0.1) is 5.39 Å². The average Bonchev–Trinajstić information content (AvgIpc) is 2.59. The van der Waals surface area contributed by atoms with Crippen molar-refractivity contribution >= 4 is 16.8 Å². The van der Waals surface area contributed by atoms with Crippen LogP contribution in [-0.2, 0) is 0 Å². The van der Waals surface area contributed by atoms with Crippen LogP contribution in [0.1, 0.15) is 34.0 Å². The van der Waals surface area contributed by atoms with Gasteiger partial charge >= 0.3 is 5.63 Å². The van der Waals surface area contributed by atoms with E-state index < -0.39 is 6.10 Å². The zero-order valence-corrected chi connectivity index (χ0v) is 14.8. The summed E-state index contributed by atoms with van der Waals surface area (Å²) >= 11 is 0. The van der Waals surface area contributed by atoms with Gasteiger partial charge in [-0.15, -0.1) is 0 Å². The van der Waals surface area contributed by atoms with Gasteiger partial charge in [-0.2, -0.15) is 0 Å². The second-order valence-electron chi connectivity index (χ2n) is 6.27. The Labute approximate surface area is 146 Å². The first-order valence-corrected chi connectivity index (χ1v) is 8.19. The van der Waals surface area contributed by atoms with Gasteiger partial charge < -0.3 is 9.15 Å². The van der Waals surface area contributed by atoms with Crippen molar-refractivity contribution in [2.24, 2.45) is 0 Å². The van der Waals surface area contributed by atoms with E-state index in [1.807, 2.05) is 38.1 Å². The third kappa shape index (κ3) is 3.20. The molecular formula is C21H20O4. The highest BCUT2D eigenvalue weighted by molar-refractivity contribution is 5.99. The van der Waals surface area contributed by atoms with Crippen LogP contribution < -0.4 is 10.4 Å². The molecule has 0 N–H and O–H groups in total. The summed E-state index contributed by atoms with van der Waals surface area (Å²) in [6.45, 7) is 7.21. The van der Waals surface area contributed by atoms with Crippen LogP contribution >= 0.6 is 0 Å². The minimum absolute atomic E-state index is 0.0954. The van der Waals surface area contributed by atoms with Crippen molar-refractivity contribution in [2.75, 3.05) is 0 Å². The third-order valence-electron chi connectivity index (χ3n) is 4.39. The Balaban J connectivity index is 2.05. The van der Waals surface area contributed by atoms with Gasteiger partial charge in [-0.05, 0) is 51.0 Å². The summed E-state index contributed by atoms with van der Waals surface area (Å²) in [4.78, 5) is 24.5. The smallest absolute Gasteiger partial charge is 0.339 e. The summed E-state index contributed by atoms with van der Waals surface area (Å²) in [7, 11) is 0. The van der Waals surface area contributed by atoms with Gasteiger partial charge in [0.15, 0.2) is 6.10 Å². The molecule has 0 aliphatic carbocycles. The number of Topliss-reactive ketones (excluding diaryl/α,β-unsaturated/α-hetero) is 1. The monoisotopic (exact) mass is 336 g/mol. The molecule has 0 radical (unpaired) electrons. The van der Waals surface area contributed by atoms with Gasteiger partial charge in [0, 0.05) is 11.1 Å². The summed E-state index contributed by atoms with van der Waals surface area (Å²) in [5.41, 5.74) is 2.97. The van der Waals surface area contributed by atoms with Crippen molar-refractivity contribution in [1.29, 1.82) is 0 Å². The Hall–Kier alpha value is -2.88. The molecule has 0 unspecified atom stereocenters. The lowest BCUT2D eigenvalue weighted by Crippen LogP contribution is -2.24. The number of carbonyl (C=O) groups excluding carboxylic acids is 1. The molecular weight excluding hydrogens is 316 g/mol. The number of ketones is 1.